The Bertz CT molecular complexity index is 748. The van der Waals surface area contributed by atoms with Crippen LogP contribution >= 0.6 is 0 Å². The Kier molecular flexibility index (Phi) is 4.53. The summed E-state index contributed by atoms with van der Waals surface area (Å²) >= 11 is 0. The molecule has 124 valence electrons. The maximum Gasteiger partial charge on any atom is 0.264 e. The van der Waals surface area contributed by atoms with Crippen molar-refractivity contribution in [2.75, 3.05) is 17.9 Å². The Morgan fingerprint density at radius 2 is 2.13 bits per heavy atom. The molecule has 1 aromatic carbocycles. The summed E-state index contributed by atoms with van der Waals surface area (Å²) in [6.07, 6.45) is 1.70. The average Bonchev–Trinajstić information content (AvgIpc) is 3.19. The smallest absolute Gasteiger partial charge is 0.264 e. The fourth-order valence-corrected chi connectivity index (χ4v) is 3.35. The van der Waals surface area contributed by atoms with E-state index in [2.05, 4.69) is 9.88 Å². The fourth-order valence-electron chi connectivity index (χ4n) is 2.37. The highest BCUT2D eigenvalue weighted by molar-refractivity contribution is 7.92. The molecule has 0 bridgehead atoms. The van der Waals surface area contributed by atoms with Crippen molar-refractivity contribution in [3.8, 4) is 5.75 Å². The molecule has 2 heterocycles. The number of aromatic nitrogens is 1. The summed E-state index contributed by atoms with van der Waals surface area (Å²) in [6, 6.07) is 7.73. The molecule has 2 aromatic rings. The van der Waals surface area contributed by atoms with Gasteiger partial charge in [0.15, 0.2) is 0 Å². The lowest BCUT2D eigenvalue weighted by Crippen LogP contribution is -2.12. The average molecular weight is 338 g/mol. The highest BCUT2D eigenvalue weighted by atomic mass is 32.2. The molecule has 1 saturated heterocycles. The van der Waals surface area contributed by atoms with Crippen LogP contribution in [0.2, 0.25) is 0 Å². The first-order valence-electron chi connectivity index (χ1n) is 7.42. The highest BCUT2D eigenvalue weighted by Gasteiger charge is 2.23. The van der Waals surface area contributed by atoms with Gasteiger partial charge in [0.25, 0.3) is 10.0 Å². The van der Waals surface area contributed by atoms with E-state index >= 15 is 0 Å². The van der Waals surface area contributed by atoms with Crippen molar-refractivity contribution in [3.05, 3.63) is 36.0 Å². The fraction of sp³-hybridized carbons (Fsp3) is 0.400. The summed E-state index contributed by atoms with van der Waals surface area (Å²) in [5, 5.41) is 3.87. The molecule has 7 nitrogen and oxygen atoms in total. The van der Waals surface area contributed by atoms with E-state index in [4.69, 9.17) is 14.0 Å². The van der Waals surface area contributed by atoms with Gasteiger partial charge in [0.1, 0.15) is 17.5 Å². The minimum atomic E-state index is -3.74. The standard InChI is InChI=1S/C15H18N2O5S/c1-2-20-11-5-7-12(8-6-11)23(18,19)17-15-10-13(16-22-15)14-4-3-9-21-14/h5-8,10,14,17H,2-4,9H2,1H3/t14-/m0/s1. The SMILES string of the molecule is CCOc1ccc(S(=O)(=O)Nc2cc([C@@H]3CCCO3)no2)cc1. The van der Waals surface area contributed by atoms with Crippen molar-refractivity contribution in [1.29, 1.82) is 0 Å². The third-order valence-electron chi connectivity index (χ3n) is 3.47. The Morgan fingerprint density at radius 3 is 2.78 bits per heavy atom. The molecule has 1 aliphatic rings. The van der Waals surface area contributed by atoms with Crippen molar-refractivity contribution in [2.24, 2.45) is 0 Å². The predicted molar refractivity (Wildman–Crippen MR) is 82.8 cm³/mol. The van der Waals surface area contributed by atoms with Crippen LogP contribution in [0, 0.1) is 0 Å². The van der Waals surface area contributed by atoms with Crippen LogP contribution in [0.4, 0.5) is 5.88 Å². The first kappa shape index (κ1) is 15.8. The highest BCUT2D eigenvalue weighted by Crippen LogP contribution is 2.29. The quantitative estimate of drug-likeness (QED) is 0.871. The van der Waals surface area contributed by atoms with E-state index in [0.29, 0.717) is 24.7 Å². The van der Waals surface area contributed by atoms with Gasteiger partial charge >= 0.3 is 0 Å². The summed E-state index contributed by atoms with van der Waals surface area (Å²) in [7, 11) is -3.74. The van der Waals surface area contributed by atoms with Crippen LogP contribution in [0.3, 0.4) is 0 Å². The molecule has 0 radical (unpaired) electrons. The molecule has 1 N–H and O–H groups in total. The lowest BCUT2D eigenvalue weighted by atomic mass is 10.2. The van der Waals surface area contributed by atoms with E-state index in [1.807, 2.05) is 6.92 Å². The number of hydrogen-bond donors (Lipinski definition) is 1. The van der Waals surface area contributed by atoms with Crippen molar-refractivity contribution < 1.29 is 22.4 Å². The normalized spacial score (nSPS) is 18.0. The van der Waals surface area contributed by atoms with Crippen LogP contribution in [0.25, 0.3) is 0 Å². The maximum atomic E-state index is 12.3. The van der Waals surface area contributed by atoms with Gasteiger partial charge in [-0.1, -0.05) is 5.16 Å². The number of benzene rings is 1. The molecule has 8 heteroatoms. The lowest BCUT2D eigenvalue weighted by molar-refractivity contribution is 0.105. The molecule has 0 unspecified atom stereocenters. The number of nitrogens with zero attached hydrogens (tertiary/aromatic N) is 1. The summed E-state index contributed by atoms with van der Waals surface area (Å²) < 4.78 is 42.9. The number of hydrogen-bond acceptors (Lipinski definition) is 6. The number of ether oxygens (including phenoxy) is 2. The summed E-state index contributed by atoms with van der Waals surface area (Å²) in [5.41, 5.74) is 0.604. The summed E-state index contributed by atoms with van der Waals surface area (Å²) in [6.45, 7) is 3.07. The van der Waals surface area contributed by atoms with E-state index in [1.165, 1.54) is 12.1 Å². The van der Waals surface area contributed by atoms with Gasteiger partial charge in [-0.2, -0.15) is 0 Å². The van der Waals surface area contributed by atoms with E-state index in [1.54, 1.807) is 18.2 Å². The second-order valence-electron chi connectivity index (χ2n) is 5.13. The molecular formula is C15H18N2O5S. The van der Waals surface area contributed by atoms with Crippen LogP contribution in [0.5, 0.6) is 5.75 Å². The van der Waals surface area contributed by atoms with Gasteiger partial charge in [0, 0.05) is 12.7 Å². The molecule has 1 aromatic heterocycles. The maximum absolute atomic E-state index is 12.3. The number of nitrogens with one attached hydrogen (secondary N) is 1. The van der Waals surface area contributed by atoms with Gasteiger partial charge in [0.2, 0.25) is 5.88 Å². The molecule has 1 aliphatic heterocycles. The molecule has 23 heavy (non-hydrogen) atoms. The van der Waals surface area contributed by atoms with Crippen LogP contribution in [-0.2, 0) is 14.8 Å². The molecule has 1 fully saturated rings. The van der Waals surface area contributed by atoms with Crippen LogP contribution in [0.15, 0.2) is 39.8 Å². The van der Waals surface area contributed by atoms with Gasteiger partial charge in [0.05, 0.1) is 11.5 Å². The number of rotatable bonds is 6. The molecule has 0 saturated carbocycles. The largest absolute Gasteiger partial charge is 0.494 e. The van der Waals surface area contributed by atoms with Gasteiger partial charge < -0.3 is 14.0 Å². The lowest BCUT2D eigenvalue weighted by Gasteiger charge is -2.06. The van der Waals surface area contributed by atoms with Gasteiger partial charge in [-0.05, 0) is 44.0 Å². The van der Waals surface area contributed by atoms with Gasteiger partial charge in [-0.3, -0.25) is 0 Å². The molecule has 3 rings (SSSR count). The van der Waals surface area contributed by atoms with Crippen molar-refractivity contribution in [2.45, 2.75) is 30.8 Å². The topological polar surface area (TPSA) is 90.7 Å². The Labute approximate surface area is 134 Å². The third-order valence-corrected chi connectivity index (χ3v) is 4.83. The summed E-state index contributed by atoms with van der Waals surface area (Å²) in [5.74, 6) is 0.691. The minimum Gasteiger partial charge on any atom is -0.494 e. The van der Waals surface area contributed by atoms with Crippen LogP contribution < -0.4 is 9.46 Å². The van der Waals surface area contributed by atoms with E-state index in [-0.39, 0.29) is 16.9 Å². The second-order valence-corrected chi connectivity index (χ2v) is 6.81. The van der Waals surface area contributed by atoms with Crippen molar-refractivity contribution >= 4 is 15.9 Å². The molecule has 1 atom stereocenters. The molecule has 0 amide bonds. The molecular weight excluding hydrogens is 320 g/mol. The van der Waals surface area contributed by atoms with Gasteiger partial charge in [-0.15, -0.1) is 0 Å². The third kappa shape index (κ3) is 3.65. The van der Waals surface area contributed by atoms with Crippen molar-refractivity contribution in [1.82, 2.24) is 5.16 Å². The Morgan fingerprint density at radius 1 is 1.35 bits per heavy atom. The Balaban J connectivity index is 1.72. The zero-order valence-electron chi connectivity index (χ0n) is 12.7. The van der Waals surface area contributed by atoms with Crippen LogP contribution in [-0.4, -0.2) is 26.8 Å². The number of anilines is 1. The molecule has 0 spiro atoms. The van der Waals surface area contributed by atoms with Gasteiger partial charge in [-0.25, -0.2) is 13.1 Å². The Hall–Kier alpha value is -2.06. The van der Waals surface area contributed by atoms with E-state index < -0.39 is 10.0 Å². The number of sulfonamides is 1. The minimum absolute atomic E-state index is 0.0735. The van der Waals surface area contributed by atoms with Crippen LogP contribution in [0.1, 0.15) is 31.6 Å². The zero-order chi connectivity index (χ0) is 16.3. The monoisotopic (exact) mass is 338 g/mol. The first-order valence-corrected chi connectivity index (χ1v) is 8.90. The predicted octanol–water partition coefficient (Wildman–Crippen LogP) is 2.73. The zero-order valence-corrected chi connectivity index (χ0v) is 13.5. The van der Waals surface area contributed by atoms with E-state index in [0.717, 1.165) is 12.8 Å². The van der Waals surface area contributed by atoms with Crippen molar-refractivity contribution in [3.63, 3.8) is 0 Å². The van der Waals surface area contributed by atoms with E-state index in [9.17, 15) is 8.42 Å². The second kappa shape index (κ2) is 6.59. The first-order chi connectivity index (χ1) is 11.1. The molecule has 0 aliphatic carbocycles. The summed E-state index contributed by atoms with van der Waals surface area (Å²) in [4.78, 5) is 0.121.